The molecular weight excluding hydrogens is 290 g/mol. The smallest absolute Gasteiger partial charge is 0.156 e. The highest BCUT2D eigenvalue weighted by Crippen LogP contribution is 2.54. The molecule has 2 aliphatic rings. The number of allylic oxidation sites excluding steroid dienone is 1. The van der Waals surface area contributed by atoms with Crippen LogP contribution in [-0.4, -0.2) is 36.2 Å². The Morgan fingerprint density at radius 2 is 2.00 bits per heavy atom. The summed E-state index contributed by atoms with van der Waals surface area (Å²) in [4.78, 5) is 12.3. The lowest BCUT2D eigenvalue weighted by atomic mass is 9.55. The van der Waals surface area contributed by atoms with Gasteiger partial charge in [0, 0.05) is 30.6 Å². The van der Waals surface area contributed by atoms with Crippen molar-refractivity contribution in [2.75, 3.05) is 13.7 Å². The van der Waals surface area contributed by atoms with Crippen molar-refractivity contribution in [3.05, 3.63) is 41.0 Å². The molecule has 0 spiro atoms. The summed E-state index contributed by atoms with van der Waals surface area (Å²) in [6, 6.07) is 3.99. The summed E-state index contributed by atoms with van der Waals surface area (Å²) in [5, 5.41) is 14.3. The number of ketones is 1. The first-order chi connectivity index (χ1) is 10.9. The number of nitrogens with one attached hydrogen (secondary N) is 1. The summed E-state index contributed by atoms with van der Waals surface area (Å²) >= 11 is 0. The lowest BCUT2D eigenvalue weighted by Gasteiger charge is -2.56. The van der Waals surface area contributed by atoms with E-state index in [0.29, 0.717) is 12.2 Å². The number of aryl methyl sites for hydroxylation is 2. The molecule has 1 heterocycles. The Bertz CT molecular complexity index is 681. The Labute approximate surface area is 137 Å². The minimum absolute atomic E-state index is 0.0462. The number of hydrogen-bond donors (Lipinski definition) is 2. The van der Waals surface area contributed by atoms with Crippen LogP contribution in [0, 0.1) is 13.8 Å². The van der Waals surface area contributed by atoms with E-state index < -0.39 is 11.0 Å². The fraction of sp³-hybridized carbons (Fsp3) is 0.526. The van der Waals surface area contributed by atoms with Gasteiger partial charge in [-0.15, -0.1) is 0 Å². The number of methoxy groups -OCH3 is 1. The van der Waals surface area contributed by atoms with E-state index in [2.05, 4.69) is 12.2 Å². The standard InChI is InChI=1S/C19H25NO3/c1-12-5-6-13(2)17(22)16(12)18-9-10-20-14(3)19(18,23-4)8-7-15(21)11-18/h5-8,14,20,22H,9-11H2,1-4H3/t14?,18?,19-/m0/s1. The summed E-state index contributed by atoms with van der Waals surface area (Å²) in [6.07, 6.45) is 4.64. The minimum atomic E-state index is -0.644. The van der Waals surface area contributed by atoms with Gasteiger partial charge in [0.15, 0.2) is 5.78 Å². The number of benzene rings is 1. The first-order valence-corrected chi connectivity index (χ1v) is 8.18. The van der Waals surface area contributed by atoms with Crippen molar-refractivity contribution in [3.8, 4) is 5.75 Å². The van der Waals surface area contributed by atoms with E-state index in [4.69, 9.17) is 4.74 Å². The topological polar surface area (TPSA) is 58.6 Å². The van der Waals surface area contributed by atoms with Gasteiger partial charge in [0.2, 0.25) is 0 Å². The van der Waals surface area contributed by atoms with Crippen LogP contribution in [-0.2, 0) is 14.9 Å². The molecule has 124 valence electrons. The summed E-state index contributed by atoms with van der Waals surface area (Å²) in [5.41, 5.74) is 1.52. The first kappa shape index (κ1) is 16.2. The van der Waals surface area contributed by atoms with Crippen molar-refractivity contribution in [3.63, 3.8) is 0 Å². The number of aromatic hydroxyl groups is 1. The lowest BCUT2D eigenvalue weighted by Crippen LogP contribution is -2.68. The molecule has 0 amide bonds. The van der Waals surface area contributed by atoms with Gasteiger partial charge in [-0.25, -0.2) is 0 Å². The van der Waals surface area contributed by atoms with Crippen LogP contribution in [0.1, 0.15) is 36.5 Å². The quantitative estimate of drug-likeness (QED) is 0.880. The zero-order valence-electron chi connectivity index (χ0n) is 14.3. The molecule has 0 saturated carbocycles. The first-order valence-electron chi connectivity index (χ1n) is 8.18. The van der Waals surface area contributed by atoms with Crippen molar-refractivity contribution in [2.24, 2.45) is 0 Å². The van der Waals surface area contributed by atoms with Crippen LogP contribution in [0.4, 0.5) is 0 Å². The molecule has 1 fully saturated rings. The molecule has 2 unspecified atom stereocenters. The summed E-state index contributed by atoms with van der Waals surface area (Å²) < 4.78 is 6.04. The molecule has 0 aromatic heterocycles. The number of phenols is 1. The Morgan fingerprint density at radius 3 is 2.70 bits per heavy atom. The second-order valence-electron chi connectivity index (χ2n) is 6.90. The molecule has 23 heavy (non-hydrogen) atoms. The molecule has 1 aliphatic carbocycles. The number of carbonyl (C=O) groups excluding carboxylic acids is 1. The van der Waals surface area contributed by atoms with Crippen molar-refractivity contribution >= 4 is 5.78 Å². The third-order valence-electron chi connectivity index (χ3n) is 5.79. The van der Waals surface area contributed by atoms with Crippen LogP contribution in [0.2, 0.25) is 0 Å². The van der Waals surface area contributed by atoms with Crippen LogP contribution in [0.3, 0.4) is 0 Å². The van der Waals surface area contributed by atoms with E-state index in [1.165, 1.54) is 0 Å². The molecule has 0 bridgehead atoms. The average Bonchev–Trinajstić information content (AvgIpc) is 2.51. The molecule has 4 heteroatoms. The van der Waals surface area contributed by atoms with Crippen molar-refractivity contribution < 1.29 is 14.6 Å². The van der Waals surface area contributed by atoms with Crippen LogP contribution in [0.5, 0.6) is 5.75 Å². The third-order valence-corrected chi connectivity index (χ3v) is 5.79. The number of ether oxygens (including phenoxy) is 1. The van der Waals surface area contributed by atoms with Gasteiger partial charge in [-0.1, -0.05) is 12.1 Å². The summed E-state index contributed by atoms with van der Waals surface area (Å²) in [6.45, 7) is 6.77. The molecule has 1 aliphatic heterocycles. The molecule has 3 atom stereocenters. The second-order valence-corrected chi connectivity index (χ2v) is 6.90. The molecular formula is C19H25NO3. The average molecular weight is 315 g/mol. The van der Waals surface area contributed by atoms with Crippen LogP contribution in [0.25, 0.3) is 0 Å². The van der Waals surface area contributed by atoms with Gasteiger partial charge in [-0.05, 0) is 57.0 Å². The summed E-state index contributed by atoms with van der Waals surface area (Å²) in [7, 11) is 1.70. The minimum Gasteiger partial charge on any atom is -0.507 e. The molecule has 1 aromatic carbocycles. The monoisotopic (exact) mass is 315 g/mol. The van der Waals surface area contributed by atoms with Crippen molar-refractivity contribution in [2.45, 2.75) is 50.7 Å². The Balaban J connectivity index is 2.34. The molecule has 1 aromatic rings. The van der Waals surface area contributed by atoms with E-state index in [9.17, 15) is 9.90 Å². The number of phenolic OH excluding ortho intramolecular Hbond substituents is 1. The third kappa shape index (κ3) is 2.08. The molecule has 4 nitrogen and oxygen atoms in total. The van der Waals surface area contributed by atoms with Gasteiger partial charge in [0.1, 0.15) is 11.4 Å². The largest absolute Gasteiger partial charge is 0.507 e. The van der Waals surface area contributed by atoms with Crippen molar-refractivity contribution in [1.82, 2.24) is 5.32 Å². The maximum absolute atomic E-state index is 12.3. The molecule has 3 rings (SSSR count). The van der Waals surface area contributed by atoms with Gasteiger partial charge < -0.3 is 15.2 Å². The SMILES string of the molecule is CO[C@]12C=CC(=O)CC1(c1c(C)ccc(C)c1O)CCNC2C. The van der Waals surface area contributed by atoms with E-state index in [0.717, 1.165) is 29.7 Å². The fourth-order valence-corrected chi connectivity index (χ4v) is 4.62. The normalized spacial score (nSPS) is 33.6. The Morgan fingerprint density at radius 1 is 1.30 bits per heavy atom. The van der Waals surface area contributed by atoms with Gasteiger partial charge in [0.05, 0.1) is 0 Å². The zero-order chi connectivity index (χ0) is 16.8. The van der Waals surface area contributed by atoms with Crippen molar-refractivity contribution in [1.29, 1.82) is 0 Å². The number of fused-ring (bicyclic) bond motifs is 1. The Hall–Kier alpha value is -1.65. The number of rotatable bonds is 2. The predicted molar refractivity (Wildman–Crippen MR) is 89.8 cm³/mol. The van der Waals surface area contributed by atoms with Gasteiger partial charge in [0.25, 0.3) is 0 Å². The van der Waals surface area contributed by atoms with Crippen LogP contribution < -0.4 is 5.32 Å². The van der Waals surface area contributed by atoms with E-state index in [-0.39, 0.29) is 11.8 Å². The van der Waals surface area contributed by atoms with E-state index >= 15 is 0 Å². The van der Waals surface area contributed by atoms with E-state index in [1.807, 2.05) is 32.1 Å². The Kier molecular flexibility index (Phi) is 3.85. The molecule has 2 N–H and O–H groups in total. The maximum atomic E-state index is 12.3. The molecule has 0 radical (unpaired) electrons. The van der Waals surface area contributed by atoms with Crippen LogP contribution >= 0.6 is 0 Å². The predicted octanol–water partition coefficient (Wildman–Crippen LogP) is 2.54. The van der Waals surface area contributed by atoms with E-state index in [1.54, 1.807) is 13.2 Å². The number of piperidine rings is 1. The highest BCUT2D eigenvalue weighted by atomic mass is 16.5. The maximum Gasteiger partial charge on any atom is 0.156 e. The number of hydrogen-bond acceptors (Lipinski definition) is 4. The zero-order valence-corrected chi connectivity index (χ0v) is 14.3. The van der Waals surface area contributed by atoms with Gasteiger partial charge >= 0.3 is 0 Å². The fourth-order valence-electron chi connectivity index (χ4n) is 4.62. The van der Waals surface area contributed by atoms with Gasteiger partial charge in [-0.3, -0.25) is 4.79 Å². The second kappa shape index (κ2) is 5.46. The molecule has 1 saturated heterocycles. The highest BCUT2D eigenvalue weighted by Gasteiger charge is 2.60. The summed E-state index contributed by atoms with van der Waals surface area (Å²) in [5.74, 6) is 0.385. The van der Waals surface area contributed by atoms with Crippen LogP contribution in [0.15, 0.2) is 24.3 Å². The number of carbonyl (C=O) groups is 1. The lowest BCUT2D eigenvalue weighted by molar-refractivity contribution is -0.127. The van der Waals surface area contributed by atoms with Gasteiger partial charge in [-0.2, -0.15) is 0 Å². The highest BCUT2D eigenvalue weighted by molar-refractivity contribution is 5.93.